The van der Waals surface area contributed by atoms with Gasteiger partial charge in [0, 0.05) is 5.39 Å². The van der Waals surface area contributed by atoms with Crippen molar-refractivity contribution in [3.63, 3.8) is 0 Å². The van der Waals surface area contributed by atoms with Crippen molar-refractivity contribution in [2.45, 2.75) is 0 Å². The van der Waals surface area contributed by atoms with Gasteiger partial charge < -0.3 is 9.63 Å². The molecule has 22 heavy (non-hydrogen) atoms. The second-order valence-corrected chi connectivity index (χ2v) is 4.62. The second-order valence-electron chi connectivity index (χ2n) is 4.62. The van der Waals surface area contributed by atoms with Crippen molar-refractivity contribution < 1.29 is 14.4 Å². The molecule has 0 aliphatic rings. The first-order valence-corrected chi connectivity index (χ1v) is 6.49. The number of carboxylic acids is 1. The molecule has 3 aromatic rings. The van der Waals surface area contributed by atoms with E-state index in [-0.39, 0.29) is 5.56 Å². The highest BCUT2D eigenvalue weighted by atomic mass is 16.5. The minimum absolute atomic E-state index is 0.0723. The number of hydrogen-bond donors (Lipinski definition) is 1. The van der Waals surface area contributed by atoms with Crippen LogP contribution in [0.15, 0.2) is 47.0 Å². The maximum Gasteiger partial charge on any atom is 0.336 e. The van der Waals surface area contributed by atoms with E-state index < -0.39 is 5.97 Å². The topological polar surface area (TPSA) is 87.1 Å². The van der Waals surface area contributed by atoms with Crippen molar-refractivity contribution >= 4 is 29.1 Å². The third-order valence-corrected chi connectivity index (χ3v) is 3.24. The summed E-state index contributed by atoms with van der Waals surface area (Å²) in [5.41, 5.74) is 2.17. The first-order chi connectivity index (χ1) is 10.7. The van der Waals surface area contributed by atoms with E-state index in [1.165, 1.54) is 6.07 Å². The summed E-state index contributed by atoms with van der Waals surface area (Å²) in [7, 11) is 0. The molecule has 1 aromatic heterocycles. The molecule has 0 aliphatic carbocycles. The molecule has 3 rings (SSSR count). The Hall–Kier alpha value is -3.39. The summed E-state index contributed by atoms with van der Waals surface area (Å²) in [4.78, 5) is 11.3. The summed E-state index contributed by atoms with van der Waals surface area (Å²) in [6.45, 7) is 0. The Bertz CT molecular complexity index is 932. The Morgan fingerprint density at radius 1 is 1.23 bits per heavy atom. The van der Waals surface area contributed by atoms with Crippen LogP contribution in [0.3, 0.4) is 0 Å². The third-order valence-electron chi connectivity index (χ3n) is 3.24. The monoisotopic (exact) mass is 290 g/mol. The average Bonchev–Trinajstić information content (AvgIpc) is 2.96. The van der Waals surface area contributed by atoms with E-state index in [9.17, 15) is 9.90 Å². The molecule has 0 fully saturated rings. The van der Waals surface area contributed by atoms with Crippen molar-refractivity contribution in [1.82, 2.24) is 5.16 Å². The average molecular weight is 290 g/mol. The van der Waals surface area contributed by atoms with Crippen molar-refractivity contribution in [2.24, 2.45) is 0 Å². The number of rotatable bonds is 3. The van der Waals surface area contributed by atoms with Crippen LogP contribution in [0.25, 0.3) is 23.1 Å². The number of nitrogens with zero attached hydrogens (tertiary/aromatic N) is 2. The molecule has 5 heteroatoms. The molecule has 5 nitrogen and oxygen atoms in total. The summed E-state index contributed by atoms with van der Waals surface area (Å²) in [6.07, 6.45) is 3.34. The van der Waals surface area contributed by atoms with Crippen molar-refractivity contribution in [3.05, 3.63) is 64.8 Å². The van der Waals surface area contributed by atoms with Gasteiger partial charge in [-0.15, -0.1) is 0 Å². The molecular weight excluding hydrogens is 280 g/mol. The van der Waals surface area contributed by atoms with Gasteiger partial charge in [-0.1, -0.05) is 29.4 Å². The Kier molecular flexibility index (Phi) is 3.42. The van der Waals surface area contributed by atoms with Gasteiger partial charge in [0.05, 0.1) is 17.2 Å². The minimum Gasteiger partial charge on any atom is -0.478 e. The van der Waals surface area contributed by atoms with E-state index in [2.05, 4.69) is 5.16 Å². The number of para-hydroxylation sites is 1. The van der Waals surface area contributed by atoms with E-state index in [1.54, 1.807) is 24.3 Å². The summed E-state index contributed by atoms with van der Waals surface area (Å²) >= 11 is 0. The number of fused-ring (bicyclic) bond motifs is 1. The Balaban J connectivity index is 2.02. The molecule has 0 radical (unpaired) electrons. The highest BCUT2D eigenvalue weighted by Gasteiger charge is 2.10. The predicted octanol–water partition coefficient (Wildman–Crippen LogP) is 3.57. The molecule has 106 valence electrons. The molecule has 0 aliphatic heterocycles. The first-order valence-electron chi connectivity index (χ1n) is 6.49. The van der Waals surface area contributed by atoms with Gasteiger partial charge in [0.25, 0.3) is 0 Å². The second kappa shape index (κ2) is 5.54. The van der Waals surface area contributed by atoms with Crippen LogP contribution in [0.5, 0.6) is 0 Å². The predicted molar refractivity (Wildman–Crippen MR) is 81.1 cm³/mol. The standard InChI is InChI=1S/C17H10N2O3/c18-10-11-5-6-12(14(9-11)17(20)21)7-8-15-13-3-1-2-4-16(13)22-19-15/h1-9H,(H,20,21). The van der Waals surface area contributed by atoms with Crippen LogP contribution < -0.4 is 0 Å². The number of aromatic nitrogens is 1. The number of nitriles is 1. The van der Waals surface area contributed by atoms with Crippen LogP contribution in [-0.2, 0) is 0 Å². The van der Waals surface area contributed by atoms with Crippen LogP contribution in [0.4, 0.5) is 0 Å². The van der Waals surface area contributed by atoms with Gasteiger partial charge >= 0.3 is 5.97 Å². The van der Waals surface area contributed by atoms with Gasteiger partial charge in [0.15, 0.2) is 5.58 Å². The van der Waals surface area contributed by atoms with E-state index in [4.69, 9.17) is 9.78 Å². The van der Waals surface area contributed by atoms with Crippen LogP contribution in [0.1, 0.15) is 27.2 Å². The van der Waals surface area contributed by atoms with Gasteiger partial charge in [-0.25, -0.2) is 4.79 Å². The zero-order valence-corrected chi connectivity index (χ0v) is 11.4. The zero-order chi connectivity index (χ0) is 15.5. The van der Waals surface area contributed by atoms with Crippen LogP contribution in [0, 0.1) is 11.3 Å². The maximum absolute atomic E-state index is 11.3. The molecule has 0 saturated carbocycles. The minimum atomic E-state index is -1.08. The van der Waals surface area contributed by atoms with Crippen molar-refractivity contribution in [1.29, 1.82) is 5.26 Å². The van der Waals surface area contributed by atoms with Crippen LogP contribution in [0.2, 0.25) is 0 Å². The number of benzene rings is 2. The summed E-state index contributed by atoms with van der Waals surface area (Å²) in [5.74, 6) is -1.08. The maximum atomic E-state index is 11.3. The fourth-order valence-corrected chi connectivity index (χ4v) is 2.15. The first kappa shape index (κ1) is 13.6. The Morgan fingerprint density at radius 2 is 2.05 bits per heavy atom. The molecule has 0 unspecified atom stereocenters. The van der Waals surface area contributed by atoms with E-state index in [1.807, 2.05) is 30.3 Å². The van der Waals surface area contributed by atoms with Gasteiger partial charge in [0.1, 0.15) is 5.69 Å². The molecule has 0 amide bonds. The van der Waals surface area contributed by atoms with Gasteiger partial charge in [-0.05, 0) is 35.9 Å². The summed E-state index contributed by atoms with van der Waals surface area (Å²) < 4.78 is 5.19. The molecule has 0 atom stereocenters. The van der Waals surface area contributed by atoms with Crippen LogP contribution in [-0.4, -0.2) is 16.2 Å². The number of carbonyl (C=O) groups is 1. The van der Waals surface area contributed by atoms with Crippen molar-refractivity contribution in [2.75, 3.05) is 0 Å². The normalized spacial score (nSPS) is 10.9. The summed E-state index contributed by atoms with van der Waals surface area (Å²) in [5, 5.41) is 22.9. The quantitative estimate of drug-likeness (QED) is 0.796. The Labute approximate surface area is 125 Å². The molecule has 1 heterocycles. The van der Waals surface area contributed by atoms with Crippen molar-refractivity contribution in [3.8, 4) is 6.07 Å². The van der Waals surface area contributed by atoms with Gasteiger partial charge in [0.2, 0.25) is 0 Å². The SMILES string of the molecule is N#Cc1ccc(C=Cc2noc3ccccc23)c(C(=O)O)c1. The van der Waals surface area contributed by atoms with E-state index >= 15 is 0 Å². The molecule has 1 N–H and O–H groups in total. The molecule has 0 spiro atoms. The molecule has 0 saturated heterocycles. The lowest BCUT2D eigenvalue weighted by molar-refractivity contribution is 0.0696. The lowest BCUT2D eigenvalue weighted by Gasteiger charge is -2.01. The van der Waals surface area contributed by atoms with Crippen LogP contribution >= 0.6 is 0 Å². The lowest BCUT2D eigenvalue weighted by Crippen LogP contribution is -2.00. The van der Waals surface area contributed by atoms with E-state index in [0.29, 0.717) is 22.4 Å². The summed E-state index contributed by atoms with van der Waals surface area (Å²) in [6, 6.07) is 13.9. The Morgan fingerprint density at radius 3 is 2.82 bits per heavy atom. The highest BCUT2D eigenvalue weighted by molar-refractivity contribution is 5.95. The van der Waals surface area contributed by atoms with Gasteiger partial charge in [-0.3, -0.25) is 0 Å². The lowest BCUT2D eigenvalue weighted by atomic mass is 10.0. The molecule has 0 bridgehead atoms. The zero-order valence-electron chi connectivity index (χ0n) is 11.4. The molecular formula is C17H10N2O3. The number of carboxylic acid groups (broad SMARTS) is 1. The van der Waals surface area contributed by atoms with Gasteiger partial charge in [-0.2, -0.15) is 5.26 Å². The molecule has 2 aromatic carbocycles. The fourth-order valence-electron chi connectivity index (χ4n) is 2.15. The highest BCUT2D eigenvalue weighted by Crippen LogP contribution is 2.21. The third kappa shape index (κ3) is 2.45. The number of hydrogen-bond acceptors (Lipinski definition) is 4. The van der Waals surface area contributed by atoms with E-state index in [0.717, 1.165) is 5.39 Å². The smallest absolute Gasteiger partial charge is 0.336 e. The fraction of sp³-hybridized carbons (Fsp3) is 0. The number of aromatic carboxylic acids is 1. The largest absolute Gasteiger partial charge is 0.478 e.